The highest BCUT2D eigenvalue weighted by Gasteiger charge is 2.53. The first-order chi connectivity index (χ1) is 22.0. The van der Waals surface area contributed by atoms with E-state index in [0.29, 0.717) is 16.7 Å². The van der Waals surface area contributed by atoms with E-state index >= 15 is 0 Å². The van der Waals surface area contributed by atoms with E-state index < -0.39 is 73.0 Å². The van der Waals surface area contributed by atoms with E-state index in [1.165, 1.54) is 31.2 Å². The molecule has 2 aromatic rings. The molecular weight excluding hydrogens is 606 g/mol. The second-order valence-corrected chi connectivity index (χ2v) is 11.3. The number of aliphatic hydroxyl groups is 5. The number of carbonyl (C=O) groups excluding carboxylic acids is 2. The molecule has 46 heavy (non-hydrogen) atoms. The third kappa shape index (κ3) is 7.09. The summed E-state index contributed by atoms with van der Waals surface area (Å²) in [5.41, 5.74) is 1.43. The second-order valence-electron chi connectivity index (χ2n) is 11.3. The number of hydrogen-bond donors (Lipinski definition) is 7. The number of amides is 1. The first kappa shape index (κ1) is 33.5. The van der Waals surface area contributed by atoms with Crippen LogP contribution < -0.4 is 10.1 Å². The van der Waals surface area contributed by atoms with Crippen LogP contribution in [0.5, 0.6) is 11.5 Å². The maximum Gasteiger partial charge on any atom is 0.338 e. The van der Waals surface area contributed by atoms with Crippen molar-refractivity contribution in [3.8, 4) is 11.5 Å². The van der Waals surface area contributed by atoms with Crippen LogP contribution in [0.3, 0.4) is 0 Å². The maximum atomic E-state index is 12.9. The number of phenols is 1. The van der Waals surface area contributed by atoms with Crippen molar-refractivity contribution >= 4 is 18.0 Å². The van der Waals surface area contributed by atoms with Gasteiger partial charge in [0.2, 0.25) is 12.2 Å². The quantitative estimate of drug-likeness (QED) is 0.107. The van der Waals surface area contributed by atoms with Crippen LogP contribution in [0.4, 0.5) is 0 Å². The minimum absolute atomic E-state index is 0.0645. The molecule has 0 bridgehead atoms. The molecule has 2 heterocycles. The Morgan fingerprint density at radius 3 is 2.30 bits per heavy atom. The van der Waals surface area contributed by atoms with Crippen molar-refractivity contribution in [2.45, 2.75) is 75.0 Å². The third-order valence-electron chi connectivity index (χ3n) is 8.17. The zero-order valence-corrected chi connectivity index (χ0v) is 25.0. The normalized spacial score (nSPS) is 32.9. The summed E-state index contributed by atoms with van der Waals surface area (Å²) in [5.74, 6) is -1.57. The molecule has 0 radical (unpaired) electrons. The van der Waals surface area contributed by atoms with E-state index in [4.69, 9.17) is 23.7 Å². The van der Waals surface area contributed by atoms with Gasteiger partial charge in [0.1, 0.15) is 62.2 Å². The van der Waals surface area contributed by atoms with Gasteiger partial charge in [-0.15, -0.1) is 0 Å². The van der Waals surface area contributed by atoms with Gasteiger partial charge in [-0.3, -0.25) is 4.79 Å². The number of fused-ring (bicyclic) bond motifs is 1. The van der Waals surface area contributed by atoms with Gasteiger partial charge in [-0.25, -0.2) is 4.79 Å². The van der Waals surface area contributed by atoms with Crippen LogP contribution in [0.25, 0.3) is 6.08 Å². The van der Waals surface area contributed by atoms with Crippen LogP contribution >= 0.6 is 0 Å². The molecule has 1 amide bonds. The summed E-state index contributed by atoms with van der Waals surface area (Å²) in [7, 11) is 0. The summed E-state index contributed by atoms with van der Waals surface area (Å²) in [4.78, 5) is 25.0. The molecule has 248 valence electrons. The number of carbonyl (C=O) groups is 2. The fourth-order valence-electron chi connectivity index (χ4n) is 5.53. The SMILES string of the molecule is C/C(=C\c1ccc(O[C@H]2O[C@@H](/C(C)=C/COC(=O)c3ccccc3)[C@@H](O)[C@@H]2O)c(O)c1)C(=O)N[C@@H]1[C@H](O)[C@@H](O)[C@H]2OCO[C@H]2[C@@H]1O. The van der Waals surface area contributed by atoms with E-state index in [1.807, 2.05) is 0 Å². The molecule has 2 saturated heterocycles. The molecule has 1 saturated carbocycles. The first-order valence-electron chi connectivity index (χ1n) is 14.6. The van der Waals surface area contributed by atoms with Crippen molar-refractivity contribution in [3.05, 3.63) is 76.9 Å². The molecule has 5 rings (SSSR count). The molecule has 2 aliphatic heterocycles. The summed E-state index contributed by atoms with van der Waals surface area (Å²) in [5, 5.41) is 65.6. The lowest BCUT2D eigenvalue weighted by Crippen LogP contribution is -2.67. The summed E-state index contributed by atoms with van der Waals surface area (Å²) in [6.45, 7) is 2.88. The van der Waals surface area contributed by atoms with Gasteiger partial charge in [-0.2, -0.15) is 0 Å². The Labute approximate surface area is 264 Å². The van der Waals surface area contributed by atoms with E-state index in [9.17, 15) is 40.2 Å². The van der Waals surface area contributed by atoms with Gasteiger partial charge in [-0.05, 0) is 61.4 Å². The number of aromatic hydroxyl groups is 1. The fourth-order valence-corrected chi connectivity index (χ4v) is 5.53. The minimum Gasteiger partial charge on any atom is -0.504 e. The van der Waals surface area contributed by atoms with Crippen LogP contribution in [0, 0.1) is 0 Å². The zero-order chi connectivity index (χ0) is 33.1. The van der Waals surface area contributed by atoms with Gasteiger partial charge in [0, 0.05) is 5.57 Å². The molecule has 0 aromatic heterocycles. The van der Waals surface area contributed by atoms with Gasteiger partial charge < -0.3 is 59.6 Å². The lowest BCUT2D eigenvalue weighted by Gasteiger charge is -2.41. The molecular formula is C32H37NO13. The average molecular weight is 644 g/mol. The molecule has 0 spiro atoms. The number of nitrogens with one attached hydrogen (secondary N) is 1. The molecule has 10 atom stereocenters. The predicted molar refractivity (Wildman–Crippen MR) is 158 cm³/mol. The zero-order valence-electron chi connectivity index (χ0n) is 25.0. The molecule has 14 nitrogen and oxygen atoms in total. The smallest absolute Gasteiger partial charge is 0.338 e. The fraction of sp³-hybridized carbons (Fsp3) is 0.438. The van der Waals surface area contributed by atoms with Crippen LogP contribution in [-0.4, -0.2) is 117 Å². The van der Waals surface area contributed by atoms with Gasteiger partial charge in [0.15, 0.2) is 11.5 Å². The maximum absolute atomic E-state index is 12.9. The van der Waals surface area contributed by atoms with Crippen molar-refractivity contribution in [3.63, 3.8) is 0 Å². The standard InChI is InChI=1S/C32H37NO13/c1-15(10-11-42-31(41)18-6-4-3-5-7-18)27-25(38)26(39)32(46-27)45-20-9-8-17(13-19(20)34)12-16(2)30(40)33-21-22(35)24(37)29-28(23(21)36)43-14-44-29/h3-10,12-13,21-29,32,34-39H,11,14H2,1-2H3,(H,33,40)/b15-10+,16-12+/t21-,22+,23-,24-,25+,26+,27+,28+,29-,32+/m1/s1. The lowest BCUT2D eigenvalue weighted by atomic mass is 9.83. The number of hydrogen-bond acceptors (Lipinski definition) is 13. The lowest BCUT2D eigenvalue weighted by molar-refractivity contribution is -0.155. The van der Waals surface area contributed by atoms with Gasteiger partial charge in [0.05, 0.1) is 11.6 Å². The van der Waals surface area contributed by atoms with E-state index in [-0.39, 0.29) is 30.5 Å². The molecule has 14 heteroatoms. The minimum atomic E-state index is -1.50. The second kappa shape index (κ2) is 14.3. The third-order valence-corrected chi connectivity index (χ3v) is 8.17. The summed E-state index contributed by atoms with van der Waals surface area (Å²) in [6.07, 6.45) is -8.19. The summed E-state index contributed by atoms with van der Waals surface area (Å²) < 4.78 is 27.1. The first-order valence-corrected chi connectivity index (χ1v) is 14.6. The number of aliphatic hydroxyl groups excluding tert-OH is 5. The topological polar surface area (TPSA) is 214 Å². The van der Waals surface area contributed by atoms with Crippen molar-refractivity contribution in [2.75, 3.05) is 13.4 Å². The van der Waals surface area contributed by atoms with Gasteiger partial charge >= 0.3 is 5.97 Å². The Morgan fingerprint density at radius 1 is 0.913 bits per heavy atom. The van der Waals surface area contributed by atoms with E-state index in [1.54, 1.807) is 43.3 Å². The molecule has 0 unspecified atom stereocenters. The number of phenolic OH excluding ortho intramolecular Hbond substituents is 1. The molecule has 2 aromatic carbocycles. The van der Waals surface area contributed by atoms with E-state index in [2.05, 4.69) is 5.32 Å². The van der Waals surface area contributed by atoms with Crippen molar-refractivity contribution in [2.24, 2.45) is 0 Å². The largest absolute Gasteiger partial charge is 0.504 e. The highest BCUT2D eigenvalue weighted by molar-refractivity contribution is 5.97. The van der Waals surface area contributed by atoms with Crippen molar-refractivity contribution in [1.82, 2.24) is 5.32 Å². The molecule has 3 fully saturated rings. The number of esters is 1. The molecule has 7 N–H and O–H groups in total. The Balaban J connectivity index is 1.17. The van der Waals surface area contributed by atoms with Crippen molar-refractivity contribution in [1.29, 1.82) is 0 Å². The highest BCUT2D eigenvalue weighted by atomic mass is 16.7. The number of ether oxygens (including phenoxy) is 5. The van der Waals surface area contributed by atoms with Crippen molar-refractivity contribution < 1.29 is 63.9 Å². The monoisotopic (exact) mass is 643 g/mol. The average Bonchev–Trinajstić information content (AvgIpc) is 3.65. The van der Waals surface area contributed by atoms with Crippen LogP contribution in [0.1, 0.15) is 29.8 Å². The Bertz CT molecular complexity index is 1460. The van der Waals surface area contributed by atoms with Gasteiger partial charge in [-0.1, -0.05) is 24.3 Å². The Hall–Kier alpha value is -3.86. The molecule has 3 aliphatic rings. The number of rotatable bonds is 9. The Morgan fingerprint density at radius 2 is 1.61 bits per heavy atom. The van der Waals surface area contributed by atoms with Crippen LogP contribution in [0.2, 0.25) is 0 Å². The molecule has 1 aliphatic carbocycles. The summed E-state index contributed by atoms with van der Waals surface area (Å²) in [6, 6.07) is 11.4. The van der Waals surface area contributed by atoms with Gasteiger partial charge in [0.25, 0.3) is 0 Å². The summed E-state index contributed by atoms with van der Waals surface area (Å²) >= 11 is 0. The van der Waals surface area contributed by atoms with Crippen LogP contribution in [0.15, 0.2) is 65.8 Å². The predicted octanol–water partition coefficient (Wildman–Crippen LogP) is -0.253. The van der Waals surface area contributed by atoms with Crippen LogP contribution in [-0.2, 0) is 23.7 Å². The highest BCUT2D eigenvalue weighted by Crippen LogP contribution is 2.34. The number of benzene rings is 2. The Kier molecular flexibility index (Phi) is 10.4. The van der Waals surface area contributed by atoms with E-state index in [0.717, 1.165) is 0 Å².